The van der Waals surface area contributed by atoms with Gasteiger partial charge in [0.1, 0.15) is 11.4 Å². The van der Waals surface area contributed by atoms with Gasteiger partial charge in [-0.3, -0.25) is 9.59 Å². The lowest BCUT2D eigenvalue weighted by atomic mass is 10.1. The van der Waals surface area contributed by atoms with Gasteiger partial charge in [-0.2, -0.15) is 0 Å². The normalized spacial score (nSPS) is 11.0. The molecular weight excluding hydrogens is 352 g/mol. The van der Waals surface area contributed by atoms with Gasteiger partial charge in [-0.05, 0) is 42.3 Å². The molecule has 0 spiro atoms. The van der Waals surface area contributed by atoms with Crippen molar-refractivity contribution in [2.75, 3.05) is 13.7 Å². The quantitative estimate of drug-likeness (QED) is 0.480. The fraction of sp³-hybridized carbons (Fsp3) is 0.304. The Hall–Kier alpha value is -3.08. The number of nitrogens with one attached hydrogen (secondary N) is 2. The highest BCUT2D eigenvalue weighted by molar-refractivity contribution is 6.05. The highest BCUT2D eigenvalue weighted by Crippen LogP contribution is 2.14. The van der Waals surface area contributed by atoms with Crippen molar-refractivity contribution in [3.63, 3.8) is 0 Å². The van der Waals surface area contributed by atoms with Gasteiger partial charge in [0.2, 0.25) is 0 Å². The summed E-state index contributed by atoms with van der Waals surface area (Å²) in [4.78, 5) is 25.2. The molecule has 2 aromatic carbocycles. The molecule has 0 aromatic heterocycles. The van der Waals surface area contributed by atoms with Gasteiger partial charge in [0, 0.05) is 12.1 Å². The van der Waals surface area contributed by atoms with E-state index in [-0.39, 0.29) is 17.5 Å². The molecule has 0 atom stereocenters. The molecule has 0 aliphatic heterocycles. The van der Waals surface area contributed by atoms with E-state index in [0.29, 0.717) is 12.1 Å². The van der Waals surface area contributed by atoms with E-state index in [1.54, 1.807) is 37.5 Å². The van der Waals surface area contributed by atoms with Crippen LogP contribution in [-0.4, -0.2) is 25.5 Å². The molecule has 148 valence electrons. The van der Waals surface area contributed by atoms with Gasteiger partial charge in [0.05, 0.1) is 7.11 Å². The summed E-state index contributed by atoms with van der Waals surface area (Å²) in [5.74, 6) is 0.116. The zero-order chi connectivity index (χ0) is 20.2. The van der Waals surface area contributed by atoms with E-state index < -0.39 is 0 Å². The van der Waals surface area contributed by atoms with E-state index in [4.69, 9.17) is 4.74 Å². The van der Waals surface area contributed by atoms with Crippen LogP contribution in [0.4, 0.5) is 0 Å². The van der Waals surface area contributed by atoms with Crippen molar-refractivity contribution < 1.29 is 14.3 Å². The summed E-state index contributed by atoms with van der Waals surface area (Å²) in [6.07, 6.45) is 5.95. The molecule has 0 aliphatic rings. The summed E-state index contributed by atoms with van der Waals surface area (Å²) in [5.41, 5.74) is 1.51. The second kappa shape index (κ2) is 11.6. The first-order valence-corrected chi connectivity index (χ1v) is 9.64. The third-order valence-electron chi connectivity index (χ3n) is 4.27. The smallest absolute Gasteiger partial charge is 0.267 e. The lowest BCUT2D eigenvalue weighted by Crippen LogP contribution is -2.35. The van der Waals surface area contributed by atoms with Crippen LogP contribution in [0.5, 0.6) is 5.75 Å². The molecule has 0 unspecified atom stereocenters. The Morgan fingerprint density at radius 2 is 1.68 bits per heavy atom. The highest BCUT2D eigenvalue weighted by atomic mass is 16.5. The Balaban J connectivity index is 2.12. The van der Waals surface area contributed by atoms with Gasteiger partial charge in [0.15, 0.2) is 0 Å². The molecule has 0 saturated carbocycles. The average molecular weight is 380 g/mol. The van der Waals surface area contributed by atoms with E-state index in [9.17, 15) is 9.59 Å². The lowest BCUT2D eigenvalue weighted by Gasteiger charge is -2.11. The topological polar surface area (TPSA) is 67.4 Å². The minimum atomic E-state index is -0.318. The maximum Gasteiger partial charge on any atom is 0.267 e. The summed E-state index contributed by atoms with van der Waals surface area (Å²) in [6.45, 7) is 2.73. The number of ether oxygens (including phenoxy) is 1. The molecule has 28 heavy (non-hydrogen) atoms. The highest BCUT2D eigenvalue weighted by Gasteiger charge is 2.14. The standard InChI is InChI=1S/C23H28N2O3/c1-3-4-5-9-16-24-23(27)21(17-18-12-14-20(28-2)15-13-18)25-22(26)19-10-7-6-8-11-19/h6-8,10-15,17H,3-5,9,16H2,1-2H3,(H,24,27)(H,25,26). The van der Waals surface area contributed by atoms with Gasteiger partial charge in [0.25, 0.3) is 11.8 Å². The number of unbranched alkanes of at least 4 members (excludes halogenated alkanes) is 3. The Bertz CT molecular complexity index is 783. The van der Waals surface area contributed by atoms with Crippen molar-refractivity contribution in [1.82, 2.24) is 10.6 Å². The fourth-order valence-corrected chi connectivity index (χ4v) is 2.66. The second-order valence-corrected chi connectivity index (χ2v) is 6.47. The lowest BCUT2D eigenvalue weighted by molar-refractivity contribution is -0.117. The first kappa shape index (κ1) is 21.2. The van der Waals surface area contributed by atoms with Gasteiger partial charge < -0.3 is 15.4 Å². The minimum absolute atomic E-state index is 0.217. The Kier molecular flexibility index (Phi) is 8.79. The van der Waals surface area contributed by atoms with Crippen LogP contribution < -0.4 is 15.4 Å². The molecule has 2 aromatic rings. The van der Waals surface area contributed by atoms with Crippen molar-refractivity contribution in [2.24, 2.45) is 0 Å². The number of hydrogen-bond donors (Lipinski definition) is 2. The van der Waals surface area contributed by atoms with Gasteiger partial charge in [-0.15, -0.1) is 0 Å². The van der Waals surface area contributed by atoms with E-state index in [1.165, 1.54) is 0 Å². The molecular formula is C23H28N2O3. The molecule has 0 aliphatic carbocycles. The first-order valence-electron chi connectivity index (χ1n) is 9.64. The van der Waals surface area contributed by atoms with Crippen LogP contribution in [0.2, 0.25) is 0 Å². The van der Waals surface area contributed by atoms with Crippen LogP contribution in [0.3, 0.4) is 0 Å². The van der Waals surface area contributed by atoms with E-state index >= 15 is 0 Å². The summed E-state index contributed by atoms with van der Waals surface area (Å²) >= 11 is 0. The number of methoxy groups -OCH3 is 1. The minimum Gasteiger partial charge on any atom is -0.497 e. The van der Waals surface area contributed by atoms with Gasteiger partial charge in [-0.25, -0.2) is 0 Å². The zero-order valence-corrected chi connectivity index (χ0v) is 16.5. The van der Waals surface area contributed by atoms with Crippen molar-refractivity contribution >= 4 is 17.9 Å². The SMILES string of the molecule is CCCCCCNC(=O)C(=Cc1ccc(OC)cc1)NC(=O)c1ccccc1. The van der Waals surface area contributed by atoms with Crippen LogP contribution in [0, 0.1) is 0 Å². The second-order valence-electron chi connectivity index (χ2n) is 6.47. The number of amides is 2. The maximum absolute atomic E-state index is 12.7. The number of carbonyl (C=O) groups is 2. The van der Waals surface area contributed by atoms with E-state index in [0.717, 1.165) is 37.0 Å². The first-order chi connectivity index (χ1) is 13.6. The van der Waals surface area contributed by atoms with Crippen LogP contribution in [0.25, 0.3) is 6.08 Å². The third kappa shape index (κ3) is 6.91. The Morgan fingerprint density at radius 1 is 0.964 bits per heavy atom. The summed E-state index contributed by atoms with van der Waals surface area (Å²) in [7, 11) is 1.60. The molecule has 0 radical (unpaired) electrons. The van der Waals surface area contributed by atoms with Crippen molar-refractivity contribution in [3.8, 4) is 5.75 Å². The predicted octanol–water partition coefficient (Wildman–Crippen LogP) is 4.16. The van der Waals surface area contributed by atoms with E-state index in [1.807, 2.05) is 30.3 Å². The van der Waals surface area contributed by atoms with Crippen molar-refractivity contribution in [1.29, 1.82) is 0 Å². The Labute approximate surface area is 166 Å². The predicted molar refractivity (Wildman–Crippen MR) is 112 cm³/mol. The maximum atomic E-state index is 12.7. The molecule has 0 bridgehead atoms. The molecule has 0 fully saturated rings. The Morgan fingerprint density at radius 3 is 2.32 bits per heavy atom. The number of benzene rings is 2. The largest absolute Gasteiger partial charge is 0.497 e. The number of rotatable bonds is 10. The third-order valence-corrected chi connectivity index (χ3v) is 4.27. The van der Waals surface area contributed by atoms with Crippen molar-refractivity contribution in [2.45, 2.75) is 32.6 Å². The monoisotopic (exact) mass is 380 g/mol. The fourth-order valence-electron chi connectivity index (χ4n) is 2.66. The van der Waals surface area contributed by atoms with Gasteiger partial charge in [-0.1, -0.05) is 56.5 Å². The summed E-state index contributed by atoms with van der Waals surface area (Å²) < 4.78 is 5.16. The van der Waals surface area contributed by atoms with Gasteiger partial charge >= 0.3 is 0 Å². The molecule has 0 heterocycles. The molecule has 2 amide bonds. The van der Waals surface area contributed by atoms with Crippen molar-refractivity contribution in [3.05, 3.63) is 71.4 Å². The van der Waals surface area contributed by atoms with E-state index in [2.05, 4.69) is 17.6 Å². The number of hydrogen-bond acceptors (Lipinski definition) is 3. The molecule has 0 saturated heterocycles. The summed E-state index contributed by atoms with van der Waals surface area (Å²) in [6, 6.07) is 16.1. The molecule has 5 nitrogen and oxygen atoms in total. The molecule has 5 heteroatoms. The molecule has 2 N–H and O–H groups in total. The average Bonchev–Trinajstić information content (AvgIpc) is 2.74. The van der Waals surface area contributed by atoms with Crippen LogP contribution in [0.1, 0.15) is 48.5 Å². The van der Waals surface area contributed by atoms with Crippen LogP contribution in [-0.2, 0) is 4.79 Å². The number of carbonyl (C=O) groups excluding carboxylic acids is 2. The molecule has 2 rings (SSSR count). The van der Waals surface area contributed by atoms with Crippen LogP contribution in [0.15, 0.2) is 60.3 Å². The zero-order valence-electron chi connectivity index (χ0n) is 16.5. The summed E-state index contributed by atoms with van der Waals surface area (Å²) in [5, 5.41) is 5.64. The van der Waals surface area contributed by atoms with Crippen LogP contribution >= 0.6 is 0 Å².